The molecule has 27 heavy (non-hydrogen) atoms. The molecule has 3 aliphatic rings. The van der Waals surface area contributed by atoms with E-state index < -0.39 is 36.3 Å². The number of hydrogen-bond acceptors (Lipinski definition) is 7. The second kappa shape index (κ2) is 8.74. The molecule has 2 heterocycles. The van der Waals surface area contributed by atoms with E-state index in [-0.39, 0.29) is 24.9 Å². The summed E-state index contributed by atoms with van der Waals surface area (Å²) in [4.78, 5) is 26.9. The van der Waals surface area contributed by atoms with Crippen LogP contribution in [0.15, 0.2) is 0 Å². The Balaban J connectivity index is 1.55. The van der Waals surface area contributed by atoms with Gasteiger partial charge in [-0.2, -0.15) is 0 Å². The highest BCUT2D eigenvalue weighted by Crippen LogP contribution is 2.30. The Kier molecular flexibility index (Phi) is 6.58. The first-order valence-electron chi connectivity index (χ1n) is 9.37. The fraction of sp³-hybridized carbons (Fsp3) is 0.875. The quantitative estimate of drug-likeness (QED) is 0.305. The van der Waals surface area contributed by atoms with Gasteiger partial charge in [-0.3, -0.25) is 19.7 Å². The van der Waals surface area contributed by atoms with Crippen LogP contribution in [0.3, 0.4) is 0 Å². The van der Waals surface area contributed by atoms with Gasteiger partial charge in [-0.05, 0) is 19.3 Å². The van der Waals surface area contributed by atoms with Gasteiger partial charge in [0.15, 0.2) is 0 Å². The lowest BCUT2D eigenvalue weighted by Crippen LogP contribution is -2.63. The molecule has 0 spiro atoms. The summed E-state index contributed by atoms with van der Waals surface area (Å²) in [7, 11) is 1.13. The van der Waals surface area contributed by atoms with Gasteiger partial charge in [-0.15, -0.1) is 0 Å². The number of alkyl halides is 2. The standard InChI is InChI=1S/C16H28F2N6O3/c1-23(27)16(26)9-6-10(17)11(18)7-13(9)20-15(25)12-2-3-14(22-21-12)24-5-4-19-8-24/h9-14,19,21-22,27H,2-8H2,1H3,(H,20,25). The maximum absolute atomic E-state index is 13.8. The molecule has 0 radical (unpaired) electrons. The number of carbonyl (C=O) groups excluding carboxylic acids is 2. The van der Waals surface area contributed by atoms with Gasteiger partial charge in [0.2, 0.25) is 5.91 Å². The highest BCUT2D eigenvalue weighted by molar-refractivity contribution is 5.84. The summed E-state index contributed by atoms with van der Waals surface area (Å²) in [5, 5.41) is 15.7. The summed E-state index contributed by atoms with van der Waals surface area (Å²) in [6.07, 6.45) is -2.72. The normalized spacial score (nSPS) is 37.8. The number of halogens is 2. The van der Waals surface area contributed by atoms with Crippen LogP contribution in [0, 0.1) is 5.92 Å². The van der Waals surface area contributed by atoms with Gasteiger partial charge in [0.1, 0.15) is 18.4 Å². The van der Waals surface area contributed by atoms with Gasteiger partial charge < -0.3 is 10.6 Å². The van der Waals surface area contributed by atoms with Crippen molar-refractivity contribution in [3.8, 4) is 0 Å². The van der Waals surface area contributed by atoms with Gasteiger partial charge in [0.25, 0.3) is 5.91 Å². The van der Waals surface area contributed by atoms with Crippen molar-refractivity contribution < 1.29 is 23.6 Å². The lowest BCUT2D eigenvalue weighted by atomic mass is 9.81. The number of amides is 2. The van der Waals surface area contributed by atoms with E-state index in [0.29, 0.717) is 11.5 Å². The molecule has 5 N–H and O–H groups in total. The Bertz CT molecular complexity index is 540. The summed E-state index contributed by atoms with van der Waals surface area (Å²) in [5.74, 6) is -2.09. The zero-order chi connectivity index (χ0) is 19.6. The maximum Gasteiger partial charge on any atom is 0.250 e. The van der Waals surface area contributed by atoms with Crippen LogP contribution in [0.25, 0.3) is 0 Å². The molecular weight excluding hydrogens is 362 g/mol. The molecule has 154 valence electrons. The van der Waals surface area contributed by atoms with Crippen LogP contribution in [0.5, 0.6) is 0 Å². The first-order chi connectivity index (χ1) is 12.9. The molecule has 2 amide bonds. The SMILES string of the molecule is CN(O)C(=O)C1CC(F)C(F)CC1NC(=O)C1CCC(N2CCNC2)NN1. The predicted octanol–water partition coefficient (Wildman–Crippen LogP) is -1.15. The van der Waals surface area contributed by atoms with Crippen molar-refractivity contribution in [3.05, 3.63) is 0 Å². The van der Waals surface area contributed by atoms with E-state index in [1.807, 2.05) is 0 Å². The number of carbonyl (C=O) groups is 2. The molecule has 2 saturated heterocycles. The number of nitrogens with one attached hydrogen (secondary N) is 4. The van der Waals surface area contributed by atoms with Crippen molar-refractivity contribution in [3.63, 3.8) is 0 Å². The zero-order valence-corrected chi connectivity index (χ0v) is 15.3. The van der Waals surface area contributed by atoms with Crippen molar-refractivity contribution >= 4 is 11.8 Å². The monoisotopic (exact) mass is 390 g/mol. The predicted molar refractivity (Wildman–Crippen MR) is 91.7 cm³/mol. The average molecular weight is 390 g/mol. The van der Waals surface area contributed by atoms with Crippen molar-refractivity contribution in [1.29, 1.82) is 0 Å². The van der Waals surface area contributed by atoms with Crippen LogP contribution in [0.1, 0.15) is 25.7 Å². The van der Waals surface area contributed by atoms with Crippen molar-refractivity contribution in [2.45, 2.75) is 56.3 Å². The Morgan fingerprint density at radius 3 is 2.52 bits per heavy atom. The van der Waals surface area contributed by atoms with Gasteiger partial charge in [-0.1, -0.05) is 0 Å². The van der Waals surface area contributed by atoms with Crippen LogP contribution in [-0.2, 0) is 9.59 Å². The summed E-state index contributed by atoms with van der Waals surface area (Å²) in [6.45, 7) is 2.65. The fourth-order valence-corrected chi connectivity index (χ4v) is 3.99. The molecule has 0 aromatic heterocycles. The lowest BCUT2D eigenvalue weighted by molar-refractivity contribution is -0.168. The highest BCUT2D eigenvalue weighted by Gasteiger charge is 2.43. The van der Waals surface area contributed by atoms with Gasteiger partial charge in [0.05, 0.1) is 12.1 Å². The van der Waals surface area contributed by atoms with Crippen LogP contribution in [-0.4, -0.2) is 84.4 Å². The van der Waals surface area contributed by atoms with E-state index in [2.05, 4.69) is 26.4 Å². The molecule has 3 fully saturated rings. The molecule has 6 unspecified atom stereocenters. The molecule has 1 aliphatic carbocycles. The molecule has 9 nitrogen and oxygen atoms in total. The van der Waals surface area contributed by atoms with Crippen molar-refractivity contribution in [2.24, 2.45) is 5.92 Å². The molecule has 6 atom stereocenters. The van der Waals surface area contributed by atoms with E-state index in [1.165, 1.54) is 0 Å². The Morgan fingerprint density at radius 1 is 1.19 bits per heavy atom. The van der Waals surface area contributed by atoms with E-state index in [1.54, 1.807) is 0 Å². The zero-order valence-electron chi connectivity index (χ0n) is 15.3. The third-order valence-corrected chi connectivity index (χ3v) is 5.60. The number of nitrogens with zero attached hydrogens (tertiary/aromatic N) is 2. The van der Waals surface area contributed by atoms with Gasteiger partial charge in [-0.25, -0.2) is 24.7 Å². The largest absolute Gasteiger partial charge is 0.351 e. The van der Waals surface area contributed by atoms with E-state index in [9.17, 15) is 23.6 Å². The summed E-state index contributed by atoms with van der Waals surface area (Å²) in [6, 6.07) is -1.38. The van der Waals surface area contributed by atoms with Gasteiger partial charge >= 0.3 is 0 Å². The number of hydroxylamine groups is 2. The minimum Gasteiger partial charge on any atom is -0.351 e. The topological polar surface area (TPSA) is 109 Å². The van der Waals surface area contributed by atoms with Crippen LogP contribution >= 0.6 is 0 Å². The first kappa shape index (κ1) is 20.3. The molecule has 0 aromatic rings. The number of rotatable bonds is 4. The summed E-state index contributed by atoms with van der Waals surface area (Å²) < 4.78 is 27.6. The van der Waals surface area contributed by atoms with E-state index in [4.69, 9.17) is 0 Å². The van der Waals surface area contributed by atoms with Gasteiger partial charge in [0, 0.05) is 39.3 Å². The van der Waals surface area contributed by atoms with Crippen molar-refractivity contribution in [1.82, 2.24) is 31.4 Å². The first-order valence-corrected chi connectivity index (χ1v) is 9.37. The summed E-state index contributed by atoms with van der Waals surface area (Å²) >= 11 is 0. The fourth-order valence-electron chi connectivity index (χ4n) is 3.99. The minimum atomic E-state index is -1.78. The average Bonchev–Trinajstić information content (AvgIpc) is 3.18. The Morgan fingerprint density at radius 2 is 1.93 bits per heavy atom. The molecule has 11 heteroatoms. The Hall–Kier alpha value is -1.40. The van der Waals surface area contributed by atoms with E-state index >= 15 is 0 Å². The van der Waals surface area contributed by atoms with E-state index in [0.717, 1.165) is 33.2 Å². The van der Waals surface area contributed by atoms with Crippen molar-refractivity contribution in [2.75, 3.05) is 26.8 Å². The minimum absolute atomic E-state index is 0.124. The maximum atomic E-state index is 13.8. The Labute approximate surface area is 156 Å². The third-order valence-electron chi connectivity index (χ3n) is 5.60. The third kappa shape index (κ3) is 4.72. The summed E-state index contributed by atoms with van der Waals surface area (Å²) in [5.41, 5.74) is 6.10. The molecule has 1 saturated carbocycles. The van der Waals surface area contributed by atoms with Crippen LogP contribution < -0.4 is 21.5 Å². The molecule has 0 bridgehead atoms. The van der Waals surface area contributed by atoms with Crippen LogP contribution in [0.2, 0.25) is 0 Å². The molecule has 0 aromatic carbocycles. The second-order valence-electron chi connectivity index (χ2n) is 7.49. The number of hydrazine groups is 1. The second-order valence-corrected chi connectivity index (χ2v) is 7.49. The molecular formula is C16H28F2N6O3. The molecule has 3 rings (SSSR count). The number of hydrogen-bond donors (Lipinski definition) is 5. The highest BCUT2D eigenvalue weighted by atomic mass is 19.2. The lowest BCUT2D eigenvalue weighted by Gasteiger charge is -2.38. The van der Waals surface area contributed by atoms with Crippen LogP contribution in [0.4, 0.5) is 8.78 Å². The molecule has 2 aliphatic heterocycles. The smallest absolute Gasteiger partial charge is 0.250 e.